The van der Waals surface area contributed by atoms with Crippen molar-refractivity contribution in [1.82, 2.24) is 29.7 Å². The van der Waals surface area contributed by atoms with E-state index in [2.05, 4.69) is 65.6 Å². The van der Waals surface area contributed by atoms with Gasteiger partial charge in [0.25, 0.3) is 0 Å². The molecule has 0 radical (unpaired) electrons. The lowest BCUT2D eigenvalue weighted by Crippen LogP contribution is -2.36. The topological polar surface area (TPSA) is 131 Å². The number of amides is 2. The normalized spacial score (nSPS) is 19.0. The molecule has 4 heterocycles. The van der Waals surface area contributed by atoms with Crippen molar-refractivity contribution in [2.24, 2.45) is 0 Å². The Morgan fingerprint density at radius 1 is 1.04 bits per heavy atom. The highest BCUT2D eigenvalue weighted by Gasteiger charge is 2.31. The molecule has 262 valence electrons. The predicted octanol–water partition coefficient (Wildman–Crippen LogP) is 7.00. The molecule has 7 rings (SSSR count). The van der Waals surface area contributed by atoms with Crippen LogP contribution in [0.2, 0.25) is 5.02 Å². The number of benzene rings is 2. The van der Waals surface area contributed by atoms with E-state index in [-0.39, 0.29) is 36.8 Å². The van der Waals surface area contributed by atoms with E-state index in [0.29, 0.717) is 41.2 Å². The number of aromatic nitrogens is 5. The third-order valence-corrected chi connectivity index (χ3v) is 9.73. The van der Waals surface area contributed by atoms with Gasteiger partial charge in [0.15, 0.2) is 5.65 Å². The number of fused-ring (bicyclic) bond motifs is 2. The van der Waals surface area contributed by atoms with Gasteiger partial charge in [0.2, 0.25) is 5.95 Å². The Bertz CT molecular complexity index is 2000. The van der Waals surface area contributed by atoms with Gasteiger partial charge >= 0.3 is 6.03 Å². The molecule has 2 aliphatic rings. The highest BCUT2D eigenvalue weighted by Crippen LogP contribution is 2.39. The molecule has 1 fully saturated rings. The molecule has 50 heavy (non-hydrogen) atoms. The fraction of sp³-hybridized carbons (Fsp3) is 0.405. The zero-order valence-corrected chi connectivity index (χ0v) is 29.5. The van der Waals surface area contributed by atoms with Crippen molar-refractivity contribution in [2.45, 2.75) is 77.0 Å². The summed E-state index contributed by atoms with van der Waals surface area (Å²) in [6, 6.07) is 19.0. The number of pyridine rings is 1. The van der Waals surface area contributed by atoms with Crippen molar-refractivity contribution in [1.29, 1.82) is 0 Å². The van der Waals surface area contributed by atoms with E-state index in [1.54, 1.807) is 16.8 Å². The number of carbonyl (C=O) groups excluding carboxylic acids is 1. The SMILES string of the molecule is CC1CCCN1c1nnc2ccc(OC3CCC(NC(=O)Nc4cc(C(C)(C)C)nn4-c4ccc(Cl)c(OCCO)c4)c4ccccc43)cn12. The maximum atomic E-state index is 13.6. The van der Waals surface area contributed by atoms with Crippen LogP contribution in [0.1, 0.15) is 82.3 Å². The van der Waals surface area contributed by atoms with Crippen LogP contribution in [0.3, 0.4) is 0 Å². The molecule has 2 amide bonds. The van der Waals surface area contributed by atoms with Crippen LogP contribution in [-0.4, -0.2) is 61.3 Å². The first-order chi connectivity index (χ1) is 24.1. The zero-order valence-electron chi connectivity index (χ0n) is 28.8. The summed E-state index contributed by atoms with van der Waals surface area (Å²) in [5, 5.41) is 29.6. The molecular formula is C37H43ClN8O4. The monoisotopic (exact) mass is 698 g/mol. The van der Waals surface area contributed by atoms with Crippen molar-refractivity contribution in [3.05, 3.63) is 88.7 Å². The average molecular weight is 699 g/mol. The van der Waals surface area contributed by atoms with E-state index in [1.165, 1.54) is 0 Å². The van der Waals surface area contributed by atoms with Crippen molar-refractivity contribution >= 4 is 35.0 Å². The van der Waals surface area contributed by atoms with E-state index in [4.69, 9.17) is 26.2 Å². The van der Waals surface area contributed by atoms with Crippen LogP contribution in [0.15, 0.2) is 66.9 Å². The summed E-state index contributed by atoms with van der Waals surface area (Å²) in [7, 11) is 0. The number of nitrogens with zero attached hydrogens (tertiary/aromatic N) is 6. The number of ether oxygens (including phenoxy) is 2. The van der Waals surface area contributed by atoms with Crippen molar-refractivity contribution < 1.29 is 19.4 Å². The van der Waals surface area contributed by atoms with Gasteiger partial charge in [-0.15, -0.1) is 10.2 Å². The third kappa shape index (κ3) is 6.82. The minimum absolute atomic E-state index is 0.105. The molecule has 5 aromatic rings. The molecule has 1 aliphatic heterocycles. The van der Waals surface area contributed by atoms with Crippen molar-refractivity contribution in [3.63, 3.8) is 0 Å². The van der Waals surface area contributed by atoms with E-state index in [9.17, 15) is 9.90 Å². The minimum atomic E-state index is -0.349. The number of halogens is 1. The lowest BCUT2D eigenvalue weighted by atomic mass is 9.85. The number of hydrogen-bond donors (Lipinski definition) is 3. The van der Waals surface area contributed by atoms with Crippen LogP contribution >= 0.6 is 11.6 Å². The molecule has 1 saturated heterocycles. The van der Waals surface area contributed by atoms with E-state index < -0.39 is 0 Å². The fourth-order valence-electron chi connectivity index (χ4n) is 6.78. The molecular weight excluding hydrogens is 656 g/mol. The van der Waals surface area contributed by atoms with Gasteiger partial charge in [-0.3, -0.25) is 9.72 Å². The molecule has 12 nitrogen and oxygen atoms in total. The van der Waals surface area contributed by atoms with Crippen LogP contribution in [0.4, 0.5) is 16.6 Å². The second-order valence-corrected chi connectivity index (χ2v) is 14.4. The number of hydrogen-bond acceptors (Lipinski definition) is 8. The number of rotatable bonds is 9. The molecule has 3 unspecified atom stereocenters. The standard InChI is InChI=1S/C37H43ClN8O4/c1-23-8-7-17-44(23)36-42-41-33-16-12-25(22-45(33)36)50-30-15-14-29(26-9-5-6-10-27(26)30)39-35(48)40-34-21-32(37(2,3)4)43-46(34)24-11-13-28(38)31(20-24)49-19-18-47/h5-6,9-13,16,20-23,29-30,47H,7-8,14-15,17-19H2,1-4H3,(H2,39,40,48). The number of aliphatic hydroxyl groups is 1. The Hall–Kier alpha value is -4.81. The lowest BCUT2D eigenvalue weighted by molar-refractivity contribution is 0.171. The Morgan fingerprint density at radius 3 is 2.62 bits per heavy atom. The Balaban J connectivity index is 1.09. The number of nitrogens with one attached hydrogen (secondary N) is 2. The molecule has 3 N–H and O–H groups in total. The zero-order chi connectivity index (χ0) is 35.0. The summed E-state index contributed by atoms with van der Waals surface area (Å²) in [5.41, 5.74) is 4.03. The van der Waals surface area contributed by atoms with E-state index in [1.807, 2.05) is 47.0 Å². The van der Waals surface area contributed by atoms with Crippen LogP contribution in [0.5, 0.6) is 11.5 Å². The molecule has 3 aromatic heterocycles. The first-order valence-electron chi connectivity index (χ1n) is 17.2. The van der Waals surface area contributed by atoms with Crippen LogP contribution in [0, 0.1) is 0 Å². The Kier molecular flexibility index (Phi) is 9.32. The Labute approximate surface area is 296 Å². The summed E-state index contributed by atoms with van der Waals surface area (Å²) < 4.78 is 15.9. The second-order valence-electron chi connectivity index (χ2n) is 14.0. The first-order valence-corrected chi connectivity index (χ1v) is 17.6. The van der Waals surface area contributed by atoms with Crippen molar-refractivity contribution in [3.8, 4) is 17.2 Å². The Morgan fingerprint density at radius 2 is 1.86 bits per heavy atom. The van der Waals surface area contributed by atoms with Crippen molar-refractivity contribution in [2.75, 3.05) is 30.0 Å². The molecule has 0 bridgehead atoms. The quantitative estimate of drug-likeness (QED) is 0.150. The number of aliphatic hydroxyl groups excluding tert-OH is 1. The van der Waals surface area contributed by atoms with Gasteiger partial charge in [0.1, 0.15) is 30.0 Å². The highest BCUT2D eigenvalue weighted by molar-refractivity contribution is 6.32. The highest BCUT2D eigenvalue weighted by atomic mass is 35.5. The maximum absolute atomic E-state index is 13.6. The molecule has 2 aromatic carbocycles. The first kappa shape index (κ1) is 33.7. The summed E-state index contributed by atoms with van der Waals surface area (Å²) in [6.07, 6.45) is 5.49. The number of anilines is 2. The maximum Gasteiger partial charge on any atom is 0.320 e. The van der Waals surface area contributed by atoms with E-state index >= 15 is 0 Å². The van der Waals surface area contributed by atoms with Gasteiger partial charge < -0.3 is 24.8 Å². The lowest BCUT2D eigenvalue weighted by Gasteiger charge is -2.32. The van der Waals surface area contributed by atoms with Gasteiger partial charge in [-0.1, -0.05) is 56.6 Å². The van der Waals surface area contributed by atoms with Crippen LogP contribution in [0.25, 0.3) is 11.3 Å². The van der Waals surface area contributed by atoms with Gasteiger partial charge in [-0.2, -0.15) is 5.10 Å². The average Bonchev–Trinajstić information content (AvgIpc) is 3.83. The van der Waals surface area contributed by atoms with Gasteiger partial charge in [0.05, 0.1) is 35.2 Å². The number of urea groups is 1. The van der Waals surface area contributed by atoms with Gasteiger partial charge in [0, 0.05) is 30.1 Å². The largest absolute Gasteiger partial charge is 0.490 e. The summed E-state index contributed by atoms with van der Waals surface area (Å²) in [5.74, 6) is 2.50. The predicted molar refractivity (Wildman–Crippen MR) is 193 cm³/mol. The fourth-order valence-corrected chi connectivity index (χ4v) is 6.95. The smallest absolute Gasteiger partial charge is 0.320 e. The molecule has 0 spiro atoms. The molecule has 13 heteroatoms. The van der Waals surface area contributed by atoms with Crippen LogP contribution in [-0.2, 0) is 5.41 Å². The van der Waals surface area contributed by atoms with E-state index in [0.717, 1.165) is 53.6 Å². The minimum Gasteiger partial charge on any atom is -0.490 e. The molecule has 0 saturated carbocycles. The van der Waals surface area contributed by atoms with Crippen LogP contribution < -0.4 is 25.0 Å². The summed E-state index contributed by atoms with van der Waals surface area (Å²) in [6.45, 7) is 9.35. The second kappa shape index (κ2) is 13.8. The molecule has 1 aliphatic carbocycles. The summed E-state index contributed by atoms with van der Waals surface area (Å²) >= 11 is 6.35. The third-order valence-electron chi connectivity index (χ3n) is 9.41. The molecule has 3 atom stereocenters. The van der Waals surface area contributed by atoms with Gasteiger partial charge in [-0.25, -0.2) is 9.48 Å². The summed E-state index contributed by atoms with van der Waals surface area (Å²) in [4.78, 5) is 15.9. The number of carbonyl (C=O) groups is 1. The van der Waals surface area contributed by atoms with Gasteiger partial charge in [-0.05, 0) is 68.0 Å².